The molecule has 28 heavy (non-hydrogen) atoms. The highest BCUT2D eigenvalue weighted by molar-refractivity contribution is 6.30. The van der Waals surface area contributed by atoms with Crippen LogP contribution >= 0.6 is 11.6 Å². The average molecular weight is 392 g/mol. The van der Waals surface area contributed by atoms with Crippen molar-refractivity contribution in [3.8, 4) is 16.9 Å². The molecule has 1 aliphatic rings. The van der Waals surface area contributed by atoms with Gasteiger partial charge in [-0.2, -0.15) is 0 Å². The number of esters is 1. The van der Waals surface area contributed by atoms with Gasteiger partial charge < -0.3 is 9.47 Å². The minimum atomic E-state index is -0.982. The maximum absolute atomic E-state index is 12.0. The summed E-state index contributed by atoms with van der Waals surface area (Å²) in [6.45, 7) is 3.40. The molecule has 0 N–H and O–H groups in total. The molecule has 0 bridgehead atoms. The number of benzene rings is 3. The van der Waals surface area contributed by atoms with Crippen LogP contribution in [0.5, 0.6) is 5.75 Å². The second-order valence-electron chi connectivity index (χ2n) is 6.96. The Morgan fingerprint density at radius 3 is 2.21 bits per heavy atom. The maximum atomic E-state index is 12.0. The minimum Gasteiger partial charge on any atom is -0.452 e. The summed E-state index contributed by atoms with van der Waals surface area (Å²) in [4.78, 5) is 16.5. The Morgan fingerprint density at radius 1 is 0.893 bits per heavy atom. The van der Waals surface area contributed by atoms with E-state index in [-0.39, 0.29) is 5.97 Å². The average Bonchev–Trinajstić information content (AvgIpc) is 2.66. The molecular weight excluding hydrogens is 374 g/mol. The number of aliphatic imine (C=N–C) groups is 1. The Bertz CT molecular complexity index is 1050. The van der Waals surface area contributed by atoms with Gasteiger partial charge in [-0.15, -0.1) is 0 Å². The number of hydrogen-bond donors (Lipinski definition) is 0. The van der Waals surface area contributed by atoms with E-state index in [2.05, 4.69) is 4.99 Å². The fraction of sp³-hybridized carbons (Fsp3) is 0.130. The Kier molecular flexibility index (Phi) is 4.65. The van der Waals surface area contributed by atoms with Crippen molar-refractivity contribution < 1.29 is 14.3 Å². The molecule has 4 nitrogen and oxygen atoms in total. The van der Waals surface area contributed by atoms with Crippen LogP contribution in [0.4, 0.5) is 5.69 Å². The Morgan fingerprint density at radius 2 is 1.54 bits per heavy atom. The van der Waals surface area contributed by atoms with Gasteiger partial charge in [0.15, 0.2) is 0 Å². The first kappa shape index (κ1) is 18.3. The van der Waals surface area contributed by atoms with Crippen molar-refractivity contribution in [1.82, 2.24) is 0 Å². The van der Waals surface area contributed by atoms with Crippen molar-refractivity contribution in [1.29, 1.82) is 0 Å². The predicted octanol–water partition coefficient (Wildman–Crippen LogP) is 6.04. The van der Waals surface area contributed by atoms with Crippen LogP contribution in [-0.2, 0) is 4.74 Å². The zero-order valence-corrected chi connectivity index (χ0v) is 16.2. The van der Waals surface area contributed by atoms with Crippen molar-refractivity contribution in [2.75, 3.05) is 0 Å². The molecule has 140 valence electrons. The first-order valence-corrected chi connectivity index (χ1v) is 9.24. The van der Waals surface area contributed by atoms with Gasteiger partial charge in [-0.05, 0) is 41.0 Å². The van der Waals surface area contributed by atoms with Crippen molar-refractivity contribution in [3.05, 3.63) is 82.9 Å². The van der Waals surface area contributed by atoms with E-state index in [0.29, 0.717) is 17.0 Å². The number of carbonyl (C=O) groups excluding carboxylic acids is 1. The van der Waals surface area contributed by atoms with E-state index >= 15 is 0 Å². The Hall–Kier alpha value is -3.11. The van der Waals surface area contributed by atoms with E-state index in [1.807, 2.05) is 48.5 Å². The molecule has 5 heteroatoms. The van der Waals surface area contributed by atoms with Crippen LogP contribution in [0.15, 0.2) is 71.7 Å². The molecule has 0 radical (unpaired) electrons. The third kappa shape index (κ3) is 3.92. The normalized spacial score (nSPS) is 15.0. The highest BCUT2D eigenvalue weighted by Crippen LogP contribution is 2.34. The molecule has 0 aliphatic carbocycles. The van der Waals surface area contributed by atoms with Crippen molar-refractivity contribution in [2.45, 2.75) is 19.6 Å². The summed E-state index contributed by atoms with van der Waals surface area (Å²) in [5, 5.41) is 0.721. The van der Waals surface area contributed by atoms with Gasteiger partial charge in [0.2, 0.25) is 5.79 Å². The predicted molar refractivity (Wildman–Crippen MR) is 111 cm³/mol. The monoisotopic (exact) mass is 391 g/mol. The fourth-order valence-electron chi connectivity index (χ4n) is 2.96. The number of ether oxygens (including phenoxy) is 2. The van der Waals surface area contributed by atoms with Crippen LogP contribution in [0.2, 0.25) is 5.02 Å². The van der Waals surface area contributed by atoms with Crippen LogP contribution in [0.25, 0.3) is 11.1 Å². The molecule has 0 unspecified atom stereocenters. The van der Waals surface area contributed by atoms with E-state index in [9.17, 15) is 4.79 Å². The number of cyclic esters (lactones) is 1. The van der Waals surface area contributed by atoms with E-state index in [4.69, 9.17) is 21.1 Å². The van der Waals surface area contributed by atoms with Gasteiger partial charge in [-0.25, -0.2) is 4.79 Å². The maximum Gasteiger partial charge on any atom is 0.345 e. The fourth-order valence-corrected chi connectivity index (χ4v) is 3.09. The van der Waals surface area contributed by atoms with Crippen LogP contribution in [0.3, 0.4) is 0 Å². The zero-order valence-electron chi connectivity index (χ0n) is 15.5. The summed E-state index contributed by atoms with van der Waals surface area (Å²) in [7, 11) is 0. The Balaban J connectivity index is 1.53. The van der Waals surface area contributed by atoms with Gasteiger partial charge in [-0.1, -0.05) is 48.0 Å². The molecule has 0 atom stereocenters. The van der Waals surface area contributed by atoms with Gasteiger partial charge in [0.05, 0.1) is 5.69 Å². The van der Waals surface area contributed by atoms with E-state index in [0.717, 1.165) is 21.7 Å². The first-order chi connectivity index (χ1) is 13.4. The molecule has 0 aromatic heterocycles. The van der Waals surface area contributed by atoms with Crippen molar-refractivity contribution in [3.63, 3.8) is 0 Å². The number of rotatable bonds is 3. The summed E-state index contributed by atoms with van der Waals surface area (Å²) < 4.78 is 10.9. The van der Waals surface area contributed by atoms with Crippen LogP contribution < -0.4 is 4.74 Å². The SMILES string of the molecule is CC1(C)OC(=O)c2ccc(/N=C\c3ccc(-c4ccc(Cl)cc4)cc3)cc2O1. The quantitative estimate of drug-likeness (QED) is 0.403. The third-order valence-corrected chi connectivity index (χ3v) is 4.58. The second kappa shape index (κ2) is 7.13. The van der Waals surface area contributed by atoms with Crippen molar-refractivity contribution >= 4 is 29.5 Å². The first-order valence-electron chi connectivity index (χ1n) is 8.86. The molecule has 0 saturated carbocycles. The Labute approximate surface area is 168 Å². The van der Waals surface area contributed by atoms with Crippen molar-refractivity contribution in [2.24, 2.45) is 4.99 Å². The standard InChI is InChI=1S/C23H18ClNO3/c1-23(2)27-21-13-19(11-12-20(21)22(26)28-23)25-14-15-3-5-16(6-4-15)17-7-9-18(24)10-8-17/h3-14H,1-2H3/b25-14-. The third-order valence-electron chi connectivity index (χ3n) is 4.33. The summed E-state index contributed by atoms with van der Waals surface area (Å²) >= 11 is 5.94. The van der Waals surface area contributed by atoms with Gasteiger partial charge in [0, 0.05) is 31.2 Å². The molecule has 0 amide bonds. The lowest BCUT2D eigenvalue weighted by Gasteiger charge is -2.31. The molecule has 4 rings (SSSR count). The summed E-state index contributed by atoms with van der Waals surface area (Å²) in [6.07, 6.45) is 1.78. The van der Waals surface area contributed by atoms with Gasteiger partial charge in [-0.3, -0.25) is 4.99 Å². The highest BCUT2D eigenvalue weighted by Gasteiger charge is 2.33. The van der Waals surface area contributed by atoms with E-state index in [1.54, 1.807) is 38.3 Å². The zero-order chi connectivity index (χ0) is 19.7. The molecule has 3 aromatic rings. The number of carbonyl (C=O) groups is 1. The molecule has 0 fully saturated rings. The number of halogens is 1. The smallest absolute Gasteiger partial charge is 0.345 e. The minimum absolute atomic E-state index is 0.389. The molecule has 0 spiro atoms. The lowest BCUT2D eigenvalue weighted by molar-refractivity contribution is -0.127. The van der Waals surface area contributed by atoms with E-state index in [1.165, 1.54) is 0 Å². The van der Waals surface area contributed by atoms with Gasteiger partial charge in [0.1, 0.15) is 11.3 Å². The summed E-state index contributed by atoms with van der Waals surface area (Å²) in [5.41, 5.74) is 4.29. The summed E-state index contributed by atoms with van der Waals surface area (Å²) in [5.74, 6) is -0.891. The van der Waals surface area contributed by atoms with Crippen LogP contribution in [-0.4, -0.2) is 18.0 Å². The number of nitrogens with zero attached hydrogens (tertiary/aromatic N) is 1. The highest BCUT2D eigenvalue weighted by atomic mass is 35.5. The lowest BCUT2D eigenvalue weighted by atomic mass is 10.0. The van der Waals surface area contributed by atoms with Gasteiger partial charge >= 0.3 is 5.97 Å². The van der Waals surface area contributed by atoms with Crippen LogP contribution in [0, 0.1) is 0 Å². The topological polar surface area (TPSA) is 47.9 Å². The molecule has 1 heterocycles. The molecular formula is C23H18ClNO3. The lowest BCUT2D eigenvalue weighted by Crippen LogP contribution is -2.38. The second-order valence-corrected chi connectivity index (χ2v) is 7.40. The number of hydrogen-bond acceptors (Lipinski definition) is 4. The largest absolute Gasteiger partial charge is 0.452 e. The van der Waals surface area contributed by atoms with Crippen LogP contribution in [0.1, 0.15) is 29.8 Å². The van der Waals surface area contributed by atoms with E-state index < -0.39 is 5.79 Å². The summed E-state index contributed by atoms with van der Waals surface area (Å²) in [6, 6.07) is 21.0. The van der Waals surface area contributed by atoms with Gasteiger partial charge in [0.25, 0.3) is 0 Å². The number of fused-ring (bicyclic) bond motifs is 1. The molecule has 3 aromatic carbocycles. The molecule has 0 saturated heterocycles. The molecule has 1 aliphatic heterocycles.